The molecule has 4 rings (SSSR count). The van der Waals surface area contributed by atoms with Gasteiger partial charge in [-0.1, -0.05) is 61.5 Å². The number of carbonyl (C=O) groups is 1. The minimum atomic E-state index is -0.289. The lowest BCUT2D eigenvalue weighted by atomic mass is 9.92. The van der Waals surface area contributed by atoms with Crippen LogP contribution >= 0.6 is 0 Å². The molecule has 0 bridgehead atoms. The van der Waals surface area contributed by atoms with E-state index in [4.69, 9.17) is 4.74 Å². The summed E-state index contributed by atoms with van der Waals surface area (Å²) in [5.41, 5.74) is 1.04. The van der Waals surface area contributed by atoms with Crippen LogP contribution in [0, 0.1) is 0 Å². The van der Waals surface area contributed by atoms with Gasteiger partial charge in [0.15, 0.2) is 0 Å². The van der Waals surface area contributed by atoms with E-state index < -0.39 is 0 Å². The molecule has 0 amide bonds. The summed E-state index contributed by atoms with van der Waals surface area (Å²) in [6.07, 6.45) is 4.20. The quantitative estimate of drug-likeness (QED) is 0.280. The molecule has 0 spiro atoms. The van der Waals surface area contributed by atoms with Crippen molar-refractivity contribution >= 4 is 44.4 Å². The monoisotopic (exact) mass is 314 g/mol. The predicted octanol–water partition coefficient (Wildman–Crippen LogP) is 5.55. The van der Waals surface area contributed by atoms with Crippen LogP contribution in [0.25, 0.3) is 38.4 Å². The van der Waals surface area contributed by atoms with E-state index in [2.05, 4.69) is 54.6 Å². The molecule has 0 aliphatic carbocycles. The summed E-state index contributed by atoms with van der Waals surface area (Å²) in [4.78, 5) is 11.7. The van der Waals surface area contributed by atoms with E-state index in [1.165, 1.54) is 33.0 Å². The highest BCUT2D eigenvalue weighted by Crippen LogP contribution is 2.36. The van der Waals surface area contributed by atoms with E-state index in [0.29, 0.717) is 6.61 Å². The molecule has 2 heteroatoms. The Morgan fingerprint density at radius 3 is 2.33 bits per heavy atom. The minimum Gasteiger partial charge on any atom is -0.463 e. The van der Waals surface area contributed by atoms with Gasteiger partial charge < -0.3 is 4.74 Å². The zero-order valence-corrected chi connectivity index (χ0v) is 13.6. The standard InChI is InChI=1S/C22H18O2/c1-2-14-24-20(23)13-11-15-6-7-18-9-8-16-4-3-5-17-10-12-19(15)22(18)21(16)17/h3-13H,2,14H2,1H3. The Morgan fingerprint density at radius 2 is 1.58 bits per heavy atom. The van der Waals surface area contributed by atoms with E-state index in [-0.39, 0.29) is 5.97 Å². The van der Waals surface area contributed by atoms with Gasteiger partial charge in [0.25, 0.3) is 0 Å². The highest BCUT2D eigenvalue weighted by molar-refractivity contribution is 6.24. The average molecular weight is 314 g/mol. The Labute approximate surface area is 140 Å². The van der Waals surface area contributed by atoms with Crippen LogP contribution in [0.4, 0.5) is 0 Å². The molecule has 0 fully saturated rings. The van der Waals surface area contributed by atoms with Crippen LogP contribution in [0.2, 0.25) is 0 Å². The van der Waals surface area contributed by atoms with Crippen LogP contribution < -0.4 is 0 Å². The third kappa shape index (κ3) is 2.41. The van der Waals surface area contributed by atoms with Crippen molar-refractivity contribution in [3.8, 4) is 0 Å². The van der Waals surface area contributed by atoms with Gasteiger partial charge >= 0.3 is 5.97 Å². The minimum absolute atomic E-state index is 0.289. The van der Waals surface area contributed by atoms with Crippen LogP contribution in [-0.4, -0.2) is 12.6 Å². The predicted molar refractivity (Wildman–Crippen MR) is 100 cm³/mol. The fraction of sp³-hybridized carbons (Fsp3) is 0.136. The maximum atomic E-state index is 11.7. The van der Waals surface area contributed by atoms with Crippen LogP contribution in [0.3, 0.4) is 0 Å². The van der Waals surface area contributed by atoms with E-state index in [1.54, 1.807) is 0 Å². The molecule has 0 saturated carbocycles. The van der Waals surface area contributed by atoms with Gasteiger partial charge in [-0.25, -0.2) is 4.79 Å². The van der Waals surface area contributed by atoms with Crippen LogP contribution in [0.1, 0.15) is 18.9 Å². The molecule has 2 nitrogen and oxygen atoms in total. The smallest absolute Gasteiger partial charge is 0.330 e. The van der Waals surface area contributed by atoms with E-state index in [1.807, 2.05) is 13.0 Å². The first-order valence-electron chi connectivity index (χ1n) is 8.29. The molecule has 0 saturated heterocycles. The number of ether oxygens (including phenoxy) is 1. The first-order valence-corrected chi connectivity index (χ1v) is 8.29. The molecule has 118 valence electrons. The summed E-state index contributed by atoms with van der Waals surface area (Å²) >= 11 is 0. The maximum Gasteiger partial charge on any atom is 0.330 e. The topological polar surface area (TPSA) is 26.3 Å². The van der Waals surface area contributed by atoms with Crippen molar-refractivity contribution in [2.45, 2.75) is 13.3 Å². The fourth-order valence-corrected chi connectivity index (χ4v) is 3.31. The highest BCUT2D eigenvalue weighted by atomic mass is 16.5. The molecule has 4 aromatic carbocycles. The van der Waals surface area contributed by atoms with Crippen LogP contribution in [-0.2, 0) is 9.53 Å². The van der Waals surface area contributed by atoms with Gasteiger partial charge in [-0.2, -0.15) is 0 Å². The Bertz CT molecular complexity index is 1040. The second kappa shape index (κ2) is 5.97. The van der Waals surface area contributed by atoms with Crippen LogP contribution in [0.5, 0.6) is 0 Å². The van der Waals surface area contributed by atoms with Crippen LogP contribution in [0.15, 0.2) is 60.7 Å². The molecule has 0 radical (unpaired) electrons. The molecule has 4 aromatic rings. The molecule has 0 aromatic heterocycles. The summed E-state index contributed by atoms with van der Waals surface area (Å²) in [6, 6.07) is 19.2. The largest absolute Gasteiger partial charge is 0.463 e. The van der Waals surface area contributed by atoms with Gasteiger partial charge in [0.1, 0.15) is 0 Å². The van der Waals surface area contributed by atoms with Gasteiger partial charge in [-0.15, -0.1) is 0 Å². The molecular weight excluding hydrogens is 296 g/mol. The zero-order valence-electron chi connectivity index (χ0n) is 13.6. The Hall–Kier alpha value is -2.87. The third-order valence-corrected chi connectivity index (χ3v) is 4.41. The van der Waals surface area contributed by atoms with E-state index in [9.17, 15) is 4.79 Å². The summed E-state index contributed by atoms with van der Waals surface area (Å²) in [6.45, 7) is 2.44. The van der Waals surface area contributed by atoms with Crippen molar-refractivity contribution in [2.75, 3.05) is 6.61 Å². The summed E-state index contributed by atoms with van der Waals surface area (Å²) in [5.74, 6) is -0.289. The van der Waals surface area contributed by atoms with Crippen molar-refractivity contribution in [3.05, 3.63) is 66.2 Å². The highest BCUT2D eigenvalue weighted by Gasteiger charge is 2.09. The van der Waals surface area contributed by atoms with Gasteiger partial charge in [0.2, 0.25) is 0 Å². The van der Waals surface area contributed by atoms with Gasteiger partial charge in [-0.05, 0) is 50.4 Å². The number of benzene rings is 4. The van der Waals surface area contributed by atoms with Crippen molar-refractivity contribution in [2.24, 2.45) is 0 Å². The Kier molecular flexibility index (Phi) is 3.66. The number of hydrogen-bond acceptors (Lipinski definition) is 2. The Morgan fingerprint density at radius 1 is 0.917 bits per heavy atom. The molecule has 24 heavy (non-hydrogen) atoms. The van der Waals surface area contributed by atoms with Gasteiger partial charge in [-0.3, -0.25) is 0 Å². The van der Waals surface area contributed by atoms with Crippen molar-refractivity contribution in [3.63, 3.8) is 0 Å². The Balaban J connectivity index is 1.88. The molecule has 0 unspecified atom stereocenters. The number of esters is 1. The molecular formula is C22H18O2. The number of rotatable bonds is 4. The SMILES string of the molecule is CCCOC(=O)C=Cc1ccc2ccc3cccc4ccc1c2c34. The zero-order chi connectivity index (χ0) is 16.5. The lowest BCUT2D eigenvalue weighted by Gasteiger charge is -2.12. The molecule has 0 N–H and O–H groups in total. The fourth-order valence-electron chi connectivity index (χ4n) is 3.31. The third-order valence-electron chi connectivity index (χ3n) is 4.41. The first kappa shape index (κ1) is 14.7. The lowest BCUT2D eigenvalue weighted by Crippen LogP contribution is -2.00. The second-order valence-corrected chi connectivity index (χ2v) is 6.01. The number of carbonyl (C=O) groups excluding carboxylic acids is 1. The summed E-state index contributed by atoms with van der Waals surface area (Å²) in [7, 11) is 0. The van der Waals surface area contributed by atoms with E-state index in [0.717, 1.165) is 17.4 Å². The molecule has 0 atom stereocenters. The second-order valence-electron chi connectivity index (χ2n) is 6.01. The van der Waals surface area contributed by atoms with Crippen molar-refractivity contribution < 1.29 is 9.53 Å². The van der Waals surface area contributed by atoms with Crippen molar-refractivity contribution in [1.29, 1.82) is 0 Å². The average Bonchev–Trinajstić information content (AvgIpc) is 2.63. The van der Waals surface area contributed by atoms with Gasteiger partial charge in [0, 0.05) is 6.08 Å². The summed E-state index contributed by atoms with van der Waals surface area (Å²) in [5, 5.41) is 7.42. The van der Waals surface area contributed by atoms with Crippen molar-refractivity contribution in [1.82, 2.24) is 0 Å². The lowest BCUT2D eigenvalue weighted by molar-refractivity contribution is -0.137. The number of hydrogen-bond donors (Lipinski definition) is 0. The normalized spacial score (nSPS) is 11.9. The van der Waals surface area contributed by atoms with E-state index >= 15 is 0 Å². The molecule has 0 aliphatic heterocycles. The molecule has 0 aliphatic rings. The van der Waals surface area contributed by atoms with Gasteiger partial charge in [0.05, 0.1) is 6.61 Å². The maximum absolute atomic E-state index is 11.7. The molecule has 0 heterocycles. The first-order chi connectivity index (χ1) is 11.8. The summed E-state index contributed by atoms with van der Waals surface area (Å²) < 4.78 is 5.11.